The van der Waals surface area contributed by atoms with Crippen LogP contribution in [-0.2, 0) is 0 Å². The van der Waals surface area contributed by atoms with E-state index in [1.54, 1.807) is 0 Å². The molecule has 1 saturated heterocycles. The number of hydrogen-bond acceptors (Lipinski definition) is 3. The first kappa shape index (κ1) is 11.6. The lowest BCUT2D eigenvalue weighted by Crippen LogP contribution is -2.30. The molecule has 0 spiro atoms. The second kappa shape index (κ2) is 5.46. The lowest BCUT2D eigenvalue weighted by atomic mass is 10.1. The Bertz CT molecular complexity index is 362. The van der Waals surface area contributed by atoms with Crippen LogP contribution in [0.4, 0.5) is 5.69 Å². The van der Waals surface area contributed by atoms with Crippen molar-refractivity contribution in [2.45, 2.75) is 12.8 Å². The molecule has 0 amide bonds. The maximum atomic E-state index is 4.44. The van der Waals surface area contributed by atoms with E-state index in [0.717, 1.165) is 36.1 Å². The number of nitrogens with one attached hydrogen (secondary N) is 1. The highest BCUT2D eigenvalue weighted by molar-refractivity contribution is 9.10. The van der Waals surface area contributed by atoms with Gasteiger partial charge in [0.05, 0.1) is 5.69 Å². The van der Waals surface area contributed by atoms with Crippen molar-refractivity contribution in [3.05, 3.63) is 28.7 Å². The Kier molecular flexibility index (Phi) is 3.96. The second-order valence-electron chi connectivity index (χ2n) is 4.10. The summed E-state index contributed by atoms with van der Waals surface area (Å²) in [5, 5.41) is 4.44. The summed E-state index contributed by atoms with van der Waals surface area (Å²) in [5.74, 6) is 0. The summed E-state index contributed by atoms with van der Waals surface area (Å²) in [6.45, 7) is 2.22. The molecule has 0 aliphatic carbocycles. The van der Waals surface area contributed by atoms with E-state index in [-0.39, 0.29) is 0 Å². The summed E-state index contributed by atoms with van der Waals surface area (Å²) in [7, 11) is 2.15. The molecule has 1 heterocycles. The van der Waals surface area contributed by atoms with Crippen molar-refractivity contribution in [1.29, 1.82) is 0 Å². The van der Waals surface area contributed by atoms with Crippen LogP contribution in [0.3, 0.4) is 0 Å². The van der Waals surface area contributed by atoms with E-state index >= 15 is 0 Å². The third-order valence-corrected chi connectivity index (χ3v) is 3.28. The maximum Gasteiger partial charge on any atom is 0.0562 e. The molecule has 1 aromatic rings. The Hall–Kier alpha value is -0.870. The highest BCUT2D eigenvalue weighted by Gasteiger charge is 2.10. The number of nitrogens with zero attached hydrogens (tertiary/aromatic N) is 2. The molecule has 1 aromatic carbocycles. The molecule has 86 valence electrons. The number of halogens is 1. The van der Waals surface area contributed by atoms with Crippen molar-refractivity contribution < 1.29 is 0 Å². The molecule has 0 saturated carbocycles. The van der Waals surface area contributed by atoms with E-state index < -0.39 is 0 Å². The minimum Gasteiger partial charge on any atom is -0.306 e. The van der Waals surface area contributed by atoms with Crippen molar-refractivity contribution in [3.63, 3.8) is 0 Å². The molecule has 4 heteroatoms. The lowest BCUT2D eigenvalue weighted by Gasteiger charge is -2.22. The van der Waals surface area contributed by atoms with Gasteiger partial charge in [-0.15, -0.1) is 0 Å². The molecule has 1 N–H and O–H groups in total. The topological polar surface area (TPSA) is 27.6 Å². The summed E-state index contributed by atoms with van der Waals surface area (Å²) in [4.78, 5) is 2.33. The first-order valence-corrected chi connectivity index (χ1v) is 6.29. The van der Waals surface area contributed by atoms with Crippen LogP contribution in [0.1, 0.15) is 12.8 Å². The molecular weight excluding hydrogens is 266 g/mol. The Morgan fingerprint density at radius 2 is 1.81 bits per heavy atom. The van der Waals surface area contributed by atoms with Gasteiger partial charge in [-0.2, -0.15) is 5.10 Å². The first-order valence-electron chi connectivity index (χ1n) is 5.49. The van der Waals surface area contributed by atoms with Gasteiger partial charge in [-0.3, -0.25) is 5.43 Å². The normalized spacial score (nSPS) is 17.2. The van der Waals surface area contributed by atoms with Gasteiger partial charge in [0.15, 0.2) is 0 Å². The van der Waals surface area contributed by atoms with Crippen LogP contribution < -0.4 is 5.43 Å². The van der Waals surface area contributed by atoms with Crippen molar-refractivity contribution >= 4 is 27.3 Å². The van der Waals surface area contributed by atoms with Gasteiger partial charge in [-0.05, 0) is 31.3 Å². The van der Waals surface area contributed by atoms with Gasteiger partial charge >= 0.3 is 0 Å². The number of hydrazone groups is 1. The Labute approximate surface area is 105 Å². The molecule has 0 bridgehead atoms. The molecule has 16 heavy (non-hydrogen) atoms. The fourth-order valence-electron chi connectivity index (χ4n) is 1.66. The molecule has 0 atom stereocenters. The predicted octanol–water partition coefficient (Wildman–Crippen LogP) is 2.94. The molecule has 1 aliphatic rings. The monoisotopic (exact) mass is 281 g/mol. The van der Waals surface area contributed by atoms with Gasteiger partial charge in [0.2, 0.25) is 0 Å². The fourth-order valence-corrected chi connectivity index (χ4v) is 1.92. The van der Waals surface area contributed by atoms with Crippen LogP contribution in [0.5, 0.6) is 0 Å². The van der Waals surface area contributed by atoms with E-state index in [2.05, 4.69) is 38.4 Å². The van der Waals surface area contributed by atoms with E-state index in [1.165, 1.54) is 5.71 Å². The molecule has 3 nitrogen and oxygen atoms in total. The highest BCUT2D eigenvalue weighted by atomic mass is 79.9. The summed E-state index contributed by atoms with van der Waals surface area (Å²) in [6, 6.07) is 8.06. The van der Waals surface area contributed by atoms with Crippen molar-refractivity contribution in [3.8, 4) is 0 Å². The van der Waals surface area contributed by atoms with Crippen LogP contribution in [0.15, 0.2) is 33.8 Å². The SMILES string of the molecule is CN1CCC(=NNc2ccc(Br)cc2)CC1. The second-order valence-corrected chi connectivity index (χ2v) is 5.02. The van der Waals surface area contributed by atoms with Gasteiger partial charge in [0, 0.05) is 36.1 Å². The molecule has 0 radical (unpaired) electrons. The number of likely N-dealkylation sites (tertiary alicyclic amines) is 1. The van der Waals surface area contributed by atoms with Crippen LogP contribution >= 0.6 is 15.9 Å². The summed E-state index contributed by atoms with van der Waals surface area (Å²) < 4.78 is 1.09. The Balaban J connectivity index is 1.91. The van der Waals surface area contributed by atoms with E-state index in [4.69, 9.17) is 0 Å². The third kappa shape index (κ3) is 3.32. The maximum absolute atomic E-state index is 4.44. The zero-order valence-electron chi connectivity index (χ0n) is 9.41. The smallest absolute Gasteiger partial charge is 0.0562 e. The zero-order valence-corrected chi connectivity index (χ0v) is 11.0. The molecule has 1 fully saturated rings. The molecule has 0 unspecified atom stereocenters. The summed E-state index contributed by atoms with van der Waals surface area (Å²) in [5.41, 5.74) is 5.41. The van der Waals surface area contributed by atoms with Crippen LogP contribution in [0.25, 0.3) is 0 Å². The fraction of sp³-hybridized carbons (Fsp3) is 0.417. The van der Waals surface area contributed by atoms with Crippen LogP contribution in [0.2, 0.25) is 0 Å². The minimum atomic E-state index is 1.04. The standard InChI is InChI=1S/C12H16BrN3/c1-16-8-6-12(7-9-16)15-14-11-4-2-10(13)3-5-11/h2-5,14H,6-9H2,1H3. The number of rotatable bonds is 2. The van der Waals surface area contributed by atoms with Gasteiger partial charge in [0.25, 0.3) is 0 Å². The highest BCUT2D eigenvalue weighted by Crippen LogP contribution is 2.14. The number of hydrogen-bond donors (Lipinski definition) is 1. The van der Waals surface area contributed by atoms with Gasteiger partial charge in [-0.25, -0.2) is 0 Å². The van der Waals surface area contributed by atoms with E-state index in [1.807, 2.05) is 24.3 Å². The number of benzene rings is 1. The van der Waals surface area contributed by atoms with Gasteiger partial charge in [-0.1, -0.05) is 15.9 Å². The minimum absolute atomic E-state index is 1.04. The number of piperidine rings is 1. The van der Waals surface area contributed by atoms with E-state index in [9.17, 15) is 0 Å². The summed E-state index contributed by atoms with van der Waals surface area (Å²) >= 11 is 3.41. The predicted molar refractivity (Wildman–Crippen MR) is 71.9 cm³/mol. The summed E-state index contributed by atoms with van der Waals surface area (Å²) in [6.07, 6.45) is 2.14. The van der Waals surface area contributed by atoms with Gasteiger partial charge in [0.1, 0.15) is 0 Å². The van der Waals surface area contributed by atoms with Crippen molar-refractivity contribution in [2.24, 2.45) is 5.10 Å². The largest absolute Gasteiger partial charge is 0.306 e. The lowest BCUT2D eigenvalue weighted by molar-refractivity contribution is 0.336. The van der Waals surface area contributed by atoms with Crippen LogP contribution in [-0.4, -0.2) is 30.7 Å². The number of anilines is 1. The average molecular weight is 282 g/mol. The quantitative estimate of drug-likeness (QED) is 0.845. The average Bonchev–Trinajstić information content (AvgIpc) is 2.30. The van der Waals surface area contributed by atoms with Gasteiger partial charge < -0.3 is 4.90 Å². The molecule has 0 aromatic heterocycles. The Morgan fingerprint density at radius 1 is 1.19 bits per heavy atom. The third-order valence-electron chi connectivity index (χ3n) is 2.75. The van der Waals surface area contributed by atoms with E-state index in [0.29, 0.717) is 0 Å². The molecule has 1 aliphatic heterocycles. The van der Waals surface area contributed by atoms with Crippen molar-refractivity contribution in [1.82, 2.24) is 4.90 Å². The molecule has 2 rings (SSSR count). The zero-order chi connectivity index (χ0) is 11.4. The first-order chi connectivity index (χ1) is 7.74. The molecular formula is C12H16BrN3. The van der Waals surface area contributed by atoms with Crippen LogP contribution in [0, 0.1) is 0 Å². The Morgan fingerprint density at radius 3 is 2.44 bits per heavy atom. The van der Waals surface area contributed by atoms with Crippen molar-refractivity contribution in [2.75, 3.05) is 25.6 Å².